The fourth-order valence-corrected chi connectivity index (χ4v) is 2.52. The van der Waals surface area contributed by atoms with Gasteiger partial charge in [0.25, 0.3) is 0 Å². The molecule has 1 heterocycles. The van der Waals surface area contributed by atoms with Crippen LogP contribution in [0.3, 0.4) is 0 Å². The SMILES string of the molecule is Cc1ccc(C)c(Cc2nc3c(Cl)cccc3[nH]2)c1. The van der Waals surface area contributed by atoms with Gasteiger partial charge in [0.2, 0.25) is 0 Å². The normalized spacial score (nSPS) is 11.1. The standard InChI is InChI=1S/C16H15ClN2/c1-10-6-7-11(2)12(8-10)9-15-18-14-5-3-4-13(17)16(14)19-15/h3-8H,9H2,1-2H3,(H,18,19). The summed E-state index contributed by atoms with van der Waals surface area (Å²) in [7, 11) is 0. The number of hydrogen-bond acceptors (Lipinski definition) is 1. The molecular formula is C16H15ClN2. The van der Waals surface area contributed by atoms with E-state index in [0.29, 0.717) is 5.02 Å². The van der Waals surface area contributed by atoms with E-state index < -0.39 is 0 Å². The van der Waals surface area contributed by atoms with Crippen LogP contribution in [0.1, 0.15) is 22.5 Å². The van der Waals surface area contributed by atoms with Gasteiger partial charge in [-0.3, -0.25) is 0 Å². The molecule has 0 radical (unpaired) electrons. The van der Waals surface area contributed by atoms with E-state index in [0.717, 1.165) is 23.3 Å². The first kappa shape index (κ1) is 12.2. The summed E-state index contributed by atoms with van der Waals surface area (Å²) in [6.07, 6.45) is 0.804. The largest absolute Gasteiger partial charge is 0.342 e. The van der Waals surface area contributed by atoms with Crippen molar-refractivity contribution in [2.24, 2.45) is 0 Å². The van der Waals surface area contributed by atoms with Gasteiger partial charge in [-0.15, -0.1) is 0 Å². The molecule has 0 aliphatic rings. The fraction of sp³-hybridized carbons (Fsp3) is 0.188. The highest BCUT2D eigenvalue weighted by molar-refractivity contribution is 6.34. The summed E-state index contributed by atoms with van der Waals surface area (Å²) in [5.74, 6) is 0.955. The summed E-state index contributed by atoms with van der Waals surface area (Å²) in [6, 6.07) is 12.3. The minimum Gasteiger partial charge on any atom is -0.342 e. The molecule has 3 aromatic rings. The lowest BCUT2D eigenvalue weighted by molar-refractivity contribution is 1.02. The maximum Gasteiger partial charge on any atom is 0.111 e. The van der Waals surface area contributed by atoms with Gasteiger partial charge in [-0.2, -0.15) is 0 Å². The summed E-state index contributed by atoms with van der Waals surface area (Å²) in [6.45, 7) is 4.24. The number of rotatable bonds is 2. The van der Waals surface area contributed by atoms with Crippen molar-refractivity contribution in [1.82, 2.24) is 9.97 Å². The molecule has 2 aromatic carbocycles. The number of fused-ring (bicyclic) bond motifs is 1. The second kappa shape index (κ2) is 4.71. The van der Waals surface area contributed by atoms with Crippen LogP contribution in [0.5, 0.6) is 0 Å². The van der Waals surface area contributed by atoms with E-state index in [9.17, 15) is 0 Å². The molecule has 3 rings (SSSR count). The van der Waals surface area contributed by atoms with Crippen molar-refractivity contribution in [3.05, 3.63) is 63.9 Å². The molecule has 0 amide bonds. The molecule has 96 valence electrons. The Morgan fingerprint density at radius 3 is 2.79 bits per heavy atom. The third-order valence-electron chi connectivity index (χ3n) is 3.38. The molecule has 0 unspecified atom stereocenters. The van der Waals surface area contributed by atoms with Crippen LogP contribution in [0.4, 0.5) is 0 Å². The van der Waals surface area contributed by atoms with E-state index in [-0.39, 0.29) is 0 Å². The average Bonchev–Trinajstić information content (AvgIpc) is 2.78. The molecule has 0 spiro atoms. The van der Waals surface area contributed by atoms with Crippen LogP contribution in [-0.4, -0.2) is 9.97 Å². The number of halogens is 1. The Hall–Kier alpha value is -1.80. The molecule has 0 fully saturated rings. The first-order valence-corrected chi connectivity index (χ1v) is 6.70. The van der Waals surface area contributed by atoms with Crippen molar-refractivity contribution >= 4 is 22.6 Å². The van der Waals surface area contributed by atoms with Crippen molar-refractivity contribution in [2.45, 2.75) is 20.3 Å². The van der Waals surface area contributed by atoms with Crippen molar-refractivity contribution in [2.75, 3.05) is 0 Å². The molecule has 0 saturated heterocycles. The maximum absolute atomic E-state index is 6.15. The smallest absolute Gasteiger partial charge is 0.111 e. The number of aromatic nitrogens is 2. The van der Waals surface area contributed by atoms with Crippen molar-refractivity contribution in [3.63, 3.8) is 0 Å². The molecule has 1 aromatic heterocycles. The quantitative estimate of drug-likeness (QED) is 0.733. The number of para-hydroxylation sites is 1. The molecule has 3 heteroatoms. The summed E-state index contributed by atoms with van der Waals surface area (Å²) in [5.41, 5.74) is 5.71. The third-order valence-corrected chi connectivity index (χ3v) is 3.68. The van der Waals surface area contributed by atoms with Gasteiger partial charge in [0.1, 0.15) is 11.3 Å². The summed E-state index contributed by atoms with van der Waals surface area (Å²) >= 11 is 6.15. The number of imidazole rings is 1. The summed E-state index contributed by atoms with van der Waals surface area (Å²) in [4.78, 5) is 7.93. The highest BCUT2D eigenvalue weighted by atomic mass is 35.5. The predicted molar refractivity (Wildman–Crippen MR) is 79.8 cm³/mol. The lowest BCUT2D eigenvalue weighted by Gasteiger charge is -2.04. The fourth-order valence-electron chi connectivity index (χ4n) is 2.30. The van der Waals surface area contributed by atoms with Gasteiger partial charge in [0.05, 0.1) is 10.5 Å². The van der Waals surface area contributed by atoms with Gasteiger partial charge in [0, 0.05) is 6.42 Å². The number of nitrogens with zero attached hydrogens (tertiary/aromatic N) is 1. The van der Waals surface area contributed by atoms with E-state index in [1.165, 1.54) is 16.7 Å². The average molecular weight is 271 g/mol. The van der Waals surface area contributed by atoms with E-state index in [1.807, 2.05) is 18.2 Å². The lowest BCUT2D eigenvalue weighted by atomic mass is 10.0. The Balaban J connectivity index is 2.01. The Labute approximate surface area is 117 Å². The second-order valence-corrected chi connectivity index (χ2v) is 5.33. The molecular weight excluding hydrogens is 256 g/mol. The molecule has 0 aliphatic heterocycles. The van der Waals surface area contributed by atoms with Gasteiger partial charge in [-0.1, -0.05) is 41.4 Å². The molecule has 0 aliphatic carbocycles. The van der Waals surface area contributed by atoms with Crippen molar-refractivity contribution < 1.29 is 0 Å². The lowest BCUT2D eigenvalue weighted by Crippen LogP contribution is -1.94. The Morgan fingerprint density at radius 1 is 1.16 bits per heavy atom. The highest BCUT2D eigenvalue weighted by Gasteiger charge is 2.08. The number of hydrogen-bond donors (Lipinski definition) is 1. The summed E-state index contributed by atoms with van der Waals surface area (Å²) < 4.78 is 0. The van der Waals surface area contributed by atoms with Crippen LogP contribution >= 0.6 is 11.6 Å². The van der Waals surface area contributed by atoms with Crippen molar-refractivity contribution in [1.29, 1.82) is 0 Å². The predicted octanol–water partition coefficient (Wildman–Crippen LogP) is 4.42. The number of aromatic amines is 1. The van der Waals surface area contributed by atoms with Crippen molar-refractivity contribution in [3.8, 4) is 0 Å². The van der Waals surface area contributed by atoms with E-state index >= 15 is 0 Å². The van der Waals surface area contributed by atoms with Crippen LogP contribution in [0.15, 0.2) is 36.4 Å². The minimum absolute atomic E-state index is 0.695. The third kappa shape index (κ3) is 2.36. The zero-order chi connectivity index (χ0) is 13.4. The first-order chi connectivity index (χ1) is 9.13. The van der Waals surface area contributed by atoms with Gasteiger partial charge in [-0.05, 0) is 37.1 Å². The molecule has 0 bridgehead atoms. The molecule has 1 N–H and O–H groups in total. The van der Waals surface area contributed by atoms with Gasteiger partial charge < -0.3 is 4.98 Å². The van der Waals surface area contributed by atoms with Gasteiger partial charge in [0.15, 0.2) is 0 Å². The number of H-pyrrole nitrogens is 1. The Kier molecular flexibility index (Phi) is 3.03. The Bertz CT molecular complexity index is 744. The van der Waals surface area contributed by atoms with Gasteiger partial charge in [-0.25, -0.2) is 4.98 Å². The van der Waals surface area contributed by atoms with Crippen LogP contribution in [-0.2, 0) is 6.42 Å². The monoisotopic (exact) mass is 270 g/mol. The minimum atomic E-state index is 0.695. The van der Waals surface area contributed by atoms with Crippen LogP contribution in [0, 0.1) is 13.8 Å². The van der Waals surface area contributed by atoms with E-state index in [4.69, 9.17) is 11.6 Å². The maximum atomic E-state index is 6.15. The molecule has 19 heavy (non-hydrogen) atoms. The van der Waals surface area contributed by atoms with Crippen LogP contribution < -0.4 is 0 Å². The van der Waals surface area contributed by atoms with Crippen LogP contribution in [0.25, 0.3) is 11.0 Å². The van der Waals surface area contributed by atoms with Gasteiger partial charge >= 0.3 is 0 Å². The number of nitrogens with one attached hydrogen (secondary N) is 1. The van der Waals surface area contributed by atoms with E-state index in [1.54, 1.807) is 0 Å². The van der Waals surface area contributed by atoms with Crippen LogP contribution in [0.2, 0.25) is 5.02 Å². The topological polar surface area (TPSA) is 28.7 Å². The van der Waals surface area contributed by atoms with E-state index in [2.05, 4.69) is 42.0 Å². The zero-order valence-electron chi connectivity index (χ0n) is 11.0. The highest BCUT2D eigenvalue weighted by Crippen LogP contribution is 2.22. The number of aryl methyl sites for hydroxylation is 2. The second-order valence-electron chi connectivity index (χ2n) is 4.93. The molecule has 0 atom stereocenters. The number of benzene rings is 2. The molecule has 2 nitrogen and oxygen atoms in total. The summed E-state index contributed by atoms with van der Waals surface area (Å²) in [5, 5.41) is 0.695. The first-order valence-electron chi connectivity index (χ1n) is 6.33. The molecule has 0 saturated carbocycles. The Morgan fingerprint density at radius 2 is 2.00 bits per heavy atom. The zero-order valence-corrected chi connectivity index (χ0v) is 11.8.